The number of aryl methyl sites for hydroxylation is 1. The molecule has 1 aliphatic rings. The van der Waals surface area contributed by atoms with E-state index in [1.54, 1.807) is 31.2 Å². The average Bonchev–Trinajstić information content (AvgIpc) is 3.04. The Morgan fingerprint density at radius 2 is 1.97 bits per heavy atom. The van der Waals surface area contributed by atoms with Crippen LogP contribution in [0.1, 0.15) is 30.8 Å². The number of benzene rings is 1. The van der Waals surface area contributed by atoms with Crippen molar-refractivity contribution in [2.75, 3.05) is 18.1 Å². The van der Waals surface area contributed by atoms with Crippen LogP contribution in [0.2, 0.25) is 0 Å². The van der Waals surface area contributed by atoms with Gasteiger partial charge in [-0.15, -0.1) is 0 Å². The Kier molecular flexibility index (Phi) is 5.74. The fourth-order valence-electron chi connectivity index (χ4n) is 3.57. The zero-order valence-electron chi connectivity index (χ0n) is 16.5. The second kappa shape index (κ2) is 7.94. The van der Waals surface area contributed by atoms with E-state index in [0.717, 1.165) is 4.68 Å². The zero-order chi connectivity index (χ0) is 21.3. The van der Waals surface area contributed by atoms with Crippen LogP contribution in [-0.4, -0.2) is 65.2 Å². The molecule has 1 aromatic carbocycles. The number of likely N-dealkylation sites (N-methyl/N-ethyl adjacent to an activating group) is 1. The number of fused-ring (bicyclic) bond motifs is 1. The summed E-state index contributed by atoms with van der Waals surface area (Å²) >= 11 is 0. The van der Waals surface area contributed by atoms with Gasteiger partial charge in [-0.1, -0.05) is 18.2 Å². The Labute approximate surface area is 168 Å². The largest absolute Gasteiger partial charge is 0.448 e. The summed E-state index contributed by atoms with van der Waals surface area (Å²) < 4.78 is 29.9. The van der Waals surface area contributed by atoms with Crippen LogP contribution in [0.25, 0.3) is 10.8 Å². The molecule has 0 saturated carbocycles. The molecule has 2 aromatic rings. The Balaban J connectivity index is 1.82. The molecular formula is C19H23N3O6S. The zero-order valence-corrected chi connectivity index (χ0v) is 17.3. The maximum Gasteiger partial charge on any atom is 0.360 e. The molecule has 0 N–H and O–H groups in total. The Morgan fingerprint density at radius 1 is 1.31 bits per heavy atom. The first-order chi connectivity index (χ1) is 13.6. The number of hydrogen-bond acceptors (Lipinski definition) is 7. The van der Waals surface area contributed by atoms with E-state index in [1.807, 2.05) is 0 Å². The van der Waals surface area contributed by atoms with Crippen molar-refractivity contribution in [3.8, 4) is 0 Å². The highest BCUT2D eigenvalue weighted by atomic mass is 32.2. The van der Waals surface area contributed by atoms with Crippen molar-refractivity contribution in [1.82, 2.24) is 14.7 Å². The van der Waals surface area contributed by atoms with Crippen LogP contribution in [0.15, 0.2) is 29.1 Å². The highest BCUT2D eigenvalue weighted by Crippen LogP contribution is 2.20. The molecule has 10 heteroatoms. The van der Waals surface area contributed by atoms with Crippen LogP contribution < -0.4 is 5.56 Å². The maximum absolute atomic E-state index is 12.8. The van der Waals surface area contributed by atoms with E-state index in [4.69, 9.17) is 4.74 Å². The number of aromatic nitrogens is 2. The molecule has 0 unspecified atom stereocenters. The molecule has 0 bridgehead atoms. The SMILES string of the molecule is CCN(C(=O)[C@H](C)OC(=O)c1nn(C)c(=O)c2ccccc12)[C@@H]1CCS(=O)(=O)C1. The van der Waals surface area contributed by atoms with Crippen LogP contribution in [-0.2, 0) is 26.4 Å². The highest BCUT2D eigenvalue weighted by molar-refractivity contribution is 7.91. The van der Waals surface area contributed by atoms with Crippen LogP contribution in [0.4, 0.5) is 0 Å². The van der Waals surface area contributed by atoms with Crippen molar-refractivity contribution >= 4 is 32.5 Å². The first kappa shape index (κ1) is 21.0. The summed E-state index contributed by atoms with van der Waals surface area (Å²) in [5.74, 6) is -1.33. The molecule has 9 nitrogen and oxygen atoms in total. The van der Waals surface area contributed by atoms with Gasteiger partial charge in [-0.25, -0.2) is 17.9 Å². The third-order valence-corrected chi connectivity index (χ3v) is 6.80. The fourth-order valence-corrected chi connectivity index (χ4v) is 5.30. The number of carbonyl (C=O) groups excluding carboxylic acids is 2. The minimum atomic E-state index is -3.15. The second-order valence-electron chi connectivity index (χ2n) is 7.05. The van der Waals surface area contributed by atoms with Crippen LogP contribution in [0.5, 0.6) is 0 Å². The second-order valence-corrected chi connectivity index (χ2v) is 9.28. The number of ether oxygens (including phenoxy) is 1. The number of rotatable bonds is 5. The summed E-state index contributed by atoms with van der Waals surface area (Å²) in [4.78, 5) is 39.1. The first-order valence-corrected chi connectivity index (χ1v) is 11.1. The van der Waals surface area contributed by atoms with Crippen LogP contribution in [0.3, 0.4) is 0 Å². The predicted molar refractivity (Wildman–Crippen MR) is 106 cm³/mol. The summed E-state index contributed by atoms with van der Waals surface area (Å²) in [6.07, 6.45) is -0.751. The molecular weight excluding hydrogens is 398 g/mol. The summed E-state index contributed by atoms with van der Waals surface area (Å²) in [6.45, 7) is 3.50. The fraction of sp³-hybridized carbons (Fsp3) is 0.474. The highest BCUT2D eigenvalue weighted by Gasteiger charge is 2.36. The molecule has 1 aliphatic heterocycles. The van der Waals surface area contributed by atoms with Crippen molar-refractivity contribution in [3.05, 3.63) is 40.3 Å². The molecule has 2 heterocycles. The summed E-state index contributed by atoms with van der Waals surface area (Å²) in [7, 11) is -1.72. The summed E-state index contributed by atoms with van der Waals surface area (Å²) in [5, 5.41) is 4.66. The quantitative estimate of drug-likeness (QED) is 0.646. The molecule has 3 rings (SSSR count). The Hall–Kier alpha value is -2.75. The monoisotopic (exact) mass is 421 g/mol. The lowest BCUT2D eigenvalue weighted by molar-refractivity contribution is -0.141. The van der Waals surface area contributed by atoms with Gasteiger partial charge in [0.25, 0.3) is 11.5 Å². The van der Waals surface area contributed by atoms with Gasteiger partial charge in [0.05, 0.1) is 16.9 Å². The molecule has 1 amide bonds. The molecule has 1 saturated heterocycles. The third-order valence-electron chi connectivity index (χ3n) is 5.05. The van der Waals surface area contributed by atoms with E-state index < -0.39 is 33.9 Å². The van der Waals surface area contributed by atoms with Gasteiger partial charge in [0, 0.05) is 25.0 Å². The van der Waals surface area contributed by atoms with Gasteiger partial charge in [0.15, 0.2) is 21.6 Å². The van der Waals surface area contributed by atoms with E-state index in [1.165, 1.54) is 18.9 Å². The summed E-state index contributed by atoms with van der Waals surface area (Å²) in [5.41, 5.74) is -0.408. The number of sulfone groups is 1. The lowest BCUT2D eigenvalue weighted by Gasteiger charge is -2.29. The molecule has 156 valence electrons. The molecule has 2 atom stereocenters. The van der Waals surface area contributed by atoms with Gasteiger partial charge in [-0.3, -0.25) is 9.59 Å². The first-order valence-electron chi connectivity index (χ1n) is 9.32. The van der Waals surface area contributed by atoms with E-state index in [0.29, 0.717) is 23.7 Å². The van der Waals surface area contributed by atoms with Gasteiger partial charge < -0.3 is 9.64 Å². The minimum absolute atomic E-state index is 0.0452. The Morgan fingerprint density at radius 3 is 2.55 bits per heavy atom. The van der Waals surface area contributed by atoms with Crippen LogP contribution >= 0.6 is 0 Å². The summed E-state index contributed by atoms with van der Waals surface area (Å²) in [6, 6.07) is 6.11. The molecule has 0 aliphatic carbocycles. The van der Waals surface area contributed by atoms with E-state index >= 15 is 0 Å². The normalized spacial score (nSPS) is 19.1. The number of carbonyl (C=O) groups is 2. The minimum Gasteiger partial charge on any atom is -0.448 e. The van der Waals surface area contributed by atoms with Crippen molar-refractivity contribution in [1.29, 1.82) is 0 Å². The van der Waals surface area contributed by atoms with E-state index in [-0.39, 0.29) is 22.8 Å². The van der Waals surface area contributed by atoms with E-state index in [9.17, 15) is 22.8 Å². The smallest absolute Gasteiger partial charge is 0.360 e. The lowest BCUT2D eigenvalue weighted by Crippen LogP contribution is -2.46. The molecule has 1 aromatic heterocycles. The number of nitrogens with zero attached hydrogens (tertiary/aromatic N) is 3. The lowest BCUT2D eigenvalue weighted by atomic mass is 10.1. The molecule has 1 fully saturated rings. The maximum atomic E-state index is 12.8. The molecule has 29 heavy (non-hydrogen) atoms. The van der Waals surface area contributed by atoms with Gasteiger partial charge in [0.2, 0.25) is 0 Å². The number of esters is 1. The number of hydrogen-bond donors (Lipinski definition) is 0. The average molecular weight is 421 g/mol. The predicted octanol–water partition coefficient (Wildman–Crippen LogP) is 0.514. The van der Waals surface area contributed by atoms with Crippen molar-refractivity contribution in [2.24, 2.45) is 7.05 Å². The van der Waals surface area contributed by atoms with Crippen molar-refractivity contribution in [3.63, 3.8) is 0 Å². The van der Waals surface area contributed by atoms with Gasteiger partial charge in [-0.05, 0) is 26.3 Å². The van der Waals surface area contributed by atoms with E-state index in [2.05, 4.69) is 5.10 Å². The van der Waals surface area contributed by atoms with Gasteiger partial charge >= 0.3 is 5.97 Å². The van der Waals surface area contributed by atoms with Crippen LogP contribution in [0, 0.1) is 0 Å². The molecule has 0 radical (unpaired) electrons. The Bertz CT molecular complexity index is 1120. The number of amides is 1. The van der Waals surface area contributed by atoms with Crippen molar-refractivity contribution in [2.45, 2.75) is 32.4 Å². The van der Waals surface area contributed by atoms with Gasteiger partial charge in [-0.2, -0.15) is 5.10 Å². The molecule has 0 spiro atoms. The third kappa shape index (κ3) is 4.16. The standard InChI is InChI=1S/C19H23N3O6S/c1-4-22(13-9-10-29(26,27)11-13)17(23)12(2)28-19(25)16-14-7-5-6-8-15(14)18(24)21(3)20-16/h5-8,12-13H,4,9-11H2,1-3H3/t12-,13+/m0/s1. The van der Waals surface area contributed by atoms with Gasteiger partial charge in [0.1, 0.15) is 0 Å². The van der Waals surface area contributed by atoms with Crippen molar-refractivity contribution < 1.29 is 22.7 Å². The topological polar surface area (TPSA) is 116 Å².